The van der Waals surface area contributed by atoms with Gasteiger partial charge in [-0.1, -0.05) is 17.7 Å². The summed E-state index contributed by atoms with van der Waals surface area (Å²) in [5.41, 5.74) is -0.862. The molecular weight excluding hydrogens is 313 g/mol. The fraction of sp³-hybridized carbons (Fsp3) is 0.250. The maximum absolute atomic E-state index is 13.1. The number of thiazole rings is 1. The van der Waals surface area contributed by atoms with Crippen molar-refractivity contribution in [2.45, 2.75) is 12.7 Å². The summed E-state index contributed by atoms with van der Waals surface area (Å²) in [5.74, 6) is -0.218. The normalized spacial score (nSPS) is 11.4. The van der Waals surface area contributed by atoms with Gasteiger partial charge in [-0.3, -0.25) is 0 Å². The van der Waals surface area contributed by atoms with E-state index >= 15 is 0 Å². The lowest BCUT2D eigenvalue weighted by Gasteiger charge is -2.17. The molecule has 0 atom stereocenters. The minimum absolute atomic E-state index is 0.0404. The summed E-state index contributed by atoms with van der Waals surface area (Å²) in [4.78, 5) is 4.57. The third-order valence-electron chi connectivity index (χ3n) is 2.51. The van der Waals surface area contributed by atoms with Crippen LogP contribution >= 0.6 is 22.9 Å². The molecule has 0 aliphatic heterocycles. The third-order valence-corrected chi connectivity index (χ3v) is 3.62. The molecule has 0 saturated carbocycles. The number of anilines is 1. The maximum atomic E-state index is 13.1. The van der Waals surface area contributed by atoms with Crippen molar-refractivity contribution in [1.82, 2.24) is 4.98 Å². The molecule has 0 aliphatic carbocycles. The van der Waals surface area contributed by atoms with Gasteiger partial charge in [0.1, 0.15) is 11.3 Å². The highest BCUT2D eigenvalue weighted by Gasteiger charge is 2.37. The molecule has 1 aromatic heterocycles. The number of nitrogens with zero attached hydrogens (tertiary/aromatic N) is 1. The second-order valence-electron chi connectivity index (χ2n) is 3.81. The average Bonchev–Trinajstić information content (AvgIpc) is 2.80. The van der Waals surface area contributed by atoms with Crippen LogP contribution in [0.2, 0.25) is 4.47 Å². The van der Waals surface area contributed by atoms with Gasteiger partial charge in [-0.05, 0) is 12.1 Å². The predicted molar refractivity (Wildman–Crippen MR) is 72.4 cm³/mol. The van der Waals surface area contributed by atoms with E-state index in [0.717, 1.165) is 4.88 Å². The lowest BCUT2D eigenvalue weighted by Crippen LogP contribution is -2.12. The van der Waals surface area contributed by atoms with Gasteiger partial charge in [0.05, 0.1) is 19.3 Å². The summed E-state index contributed by atoms with van der Waals surface area (Å²) in [6.07, 6.45) is -2.98. The van der Waals surface area contributed by atoms with Crippen LogP contribution in [0, 0.1) is 0 Å². The van der Waals surface area contributed by atoms with Gasteiger partial charge in [-0.2, -0.15) is 13.2 Å². The lowest BCUT2D eigenvalue weighted by molar-refractivity contribution is -0.138. The van der Waals surface area contributed by atoms with Crippen LogP contribution in [0.15, 0.2) is 24.4 Å². The molecule has 2 aromatic rings. The Bertz CT molecular complexity index is 601. The third kappa shape index (κ3) is 3.34. The van der Waals surface area contributed by atoms with Crippen molar-refractivity contribution in [1.29, 1.82) is 0 Å². The summed E-state index contributed by atoms with van der Waals surface area (Å²) in [5, 5.41) is 2.74. The molecule has 0 aliphatic rings. The fourth-order valence-electron chi connectivity index (χ4n) is 1.69. The van der Waals surface area contributed by atoms with E-state index in [4.69, 9.17) is 16.3 Å². The Morgan fingerprint density at radius 1 is 1.40 bits per heavy atom. The number of ether oxygens (including phenoxy) is 1. The number of benzene rings is 1. The van der Waals surface area contributed by atoms with Gasteiger partial charge in [0.25, 0.3) is 0 Å². The molecule has 0 bridgehead atoms. The van der Waals surface area contributed by atoms with E-state index in [1.54, 1.807) is 0 Å². The highest BCUT2D eigenvalue weighted by atomic mass is 35.5. The molecule has 1 heterocycles. The molecule has 1 N–H and O–H groups in total. The average molecular weight is 323 g/mol. The van der Waals surface area contributed by atoms with Crippen molar-refractivity contribution in [3.63, 3.8) is 0 Å². The number of hydrogen-bond donors (Lipinski definition) is 1. The number of alkyl halides is 3. The summed E-state index contributed by atoms with van der Waals surface area (Å²) in [6, 6.07) is 4.13. The molecule has 0 fully saturated rings. The van der Waals surface area contributed by atoms with Crippen LogP contribution in [-0.4, -0.2) is 12.1 Å². The van der Waals surface area contributed by atoms with Crippen LogP contribution in [0.1, 0.15) is 10.4 Å². The van der Waals surface area contributed by atoms with E-state index in [2.05, 4.69) is 10.3 Å². The highest BCUT2D eigenvalue weighted by Crippen LogP contribution is 2.41. The van der Waals surface area contributed by atoms with E-state index in [1.807, 2.05) is 0 Å². The van der Waals surface area contributed by atoms with Gasteiger partial charge in [-0.25, -0.2) is 4.98 Å². The van der Waals surface area contributed by atoms with Gasteiger partial charge in [-0.15, -0.1) is 11.3 Å². The number of nitrogens with one attached hydrogen (secondary N) is 1. The first kappa shape index (κ1) is 14.9. The molecule has 20 heavy (non-hydrogen) atoms. The fourth-order valence-corrected chi connectivity index (χ4v) is 2.61. The van der Waals surface area contributed by atoms with Crippen molar-refractivity contribution in [2.75, 3.05) is 12.4 Å². The van der Waals surface area contributed by atoms with Crippen LogP contribution in [0.3, 0.4) is 0 Å². The summed E-state index contributed by atoms with van der Waals surface area (Å²) < 4.78 is 44.4. The number of halogens is 4. The quantitative estimate of drug-likeness (QED) is 0.904. The van der Waals surface area contributed by atoms with Crippen molar-refractivity contribution < 1.29 is 17.9 Å². The maximum Gasteiger partial charge on any atom is 0.421 e. The minimum atomic E-state index is -4.50. The first-order valence-corrected chi connectivity index (χ1v) is 6.69. The monoisotopic (exact) mass is 322 g/mol. The molecule has 108 valence electrons. The van der Waals surface area contributed by atoms with Crippen molar-refractivity contribution in [2.24, 2.45) is 0 Å². The predicted octanol–water partition coefficient (Wildman–Crippen LogP) is 4.44. The van der Waals surface area contributed by atoms with E-state index in [0.29, 0.717) is 4.47 Å². The Hall–Kier alpha value is -1.47. The van der Waals surface area contributed by atoms with Crippen LogP contribution in [0.5, 0.6) is 5.75 Å². The standard InChI is InChI=1S/C12H10ClF3N2OS/c1-19-9-4-2-3-8(10(9)12(14,15)16)17-5-7-6-18-11(13)20-7/h2-4,6,17H,5H2,1H3. The van der Waals surface area contributed by atoms with Crippen LogP contribution in [-0.2, 0) is 12.7 Å². The number of rotatable bonds is 4. The molecule has 2 rings (SSSR count). The van der Waals surface area contributed by atoms with Crippen molar-refractivity contribution in [3.05, 3.63) is 39.3 Å². The second kappa shape index (κ2) is 5.88. The summed E-state index contributed by atoms with van der Waals surface area (Å²) in [6.45, 7) is 0.209. The van der Waals surface area contributed by atoms with Crippen molar-refractivity contribution in [3.8, 4) is 5.75 Å². The van der Waals surface area contributed by atoms with Crippen molar-refractivity contribution >= 4 is 28.6 Å². The smallest absolute Gasteiger partial charge is 0.421 e. The Morgan fingerprint density at radius 2 is 2.15 bits per heavy atom. The molecule has 0 amide bonds. The van der Waals surface area contributed by atoms with Crippen LogP contribution in [0.4, 0.5) is 18.9 Å². The number of methoxy groups -OCH3 is 1. The molecule has 8 heteroatoms. The van der Waals surface area contributed by atoms with E-state index in [9.17, 15) is 13.2 Å². The van der Waals surface area contributed by atoms with Crippen LogP contribution < -0.4 is 10.1 Å². The molecule has 3 nitrogen and oxygen atoms in total. The topological polar surface area (TPSA) is 34.1 Å². The second-order valence-corrected chi connectivity index (χ2v) is 5.51. The SMILES string of the molecule is COc1cccc(NCc2cnc(Cl)s2)c1C(F)(F)F. The largest absolute Gasteiger partial charge is 0.496 e. The van der Waals surface area contributed by atoms with Gasteiger partial charge in [0.15, 0.2) is 4.47 Å². The minimum Gasteiger partial charge on any atom is -0.496 e. The zero-order valence-electron chi connectivity index (χ0n) is 10.3. The van der Waals surface area contributed by atoms with E-state index in [-0.39, 0.29) is 18.0 Å². The summed E-state index contributed by atoms with van der Waals surface area (Å²) >= 11 is 6.88. The van der Waals surface area contributed by atoms with Gasteiger partial charge >= 0.3 is 6.18 Å². The molecule has 0 unspecified atom stereocenters. The Morgan fingerprint density at radius 3 is 2.70 bits per heavy atom. The van der Waals surface area contributed by atoms with E-state index in [1.165, 1.54) is 42.8 Å². The zero-order valence-corrected chi connectivity index (χ0v) is 11.9. The van der Waals surface area contributed by atoms with Gasteiger partial charge < -0.3 is 10.1 Å². The van der Waals surface area contributed by atoms with Crippen LogP contribution in [0.25, 0.3) is 0 Å². The number of hydrogen-bond acceptors (Lipinski definition) is 4. The van der Waals surface area contributed by atoms with Gasteiger partial charge in [0, 0.05) is 11.1 Å². The highest BCUT2D eigenvalue weighted by molar-refractivity contribution is 7.15. The van der Waals surface area contributed by atoms with E-state index < -0.39 is 11.7 Å². The molecule has 0 saturated heterocycles. The number of aromatic nitrogens is 1. The first-order chi connectivity index (χ1) is 9.41. The van der Waals surface area contributed by atoms with Gasteiger partial charge in [0.2, 0.25) is 0 Å². The zero-order chi connectivity index (χ0) is 14.8. The lowest BCUT2D eigenvalue weighted by atomic mass is 10.1. The molecule has 1 aromatic carbocycles. The summed E-state index contributed by atoms with van der Waals surface area (Å²) in [7, 11) is 1.21. The Balaban J connectivity index is 2.27. The Labute approximate surface area is 122 Å². The Kier molecular flexibility index (Phi) is 4.39. The first-order valence-electron chi connectivity index (χ1n) is 5.50. The molecule has 0 radical (unpaired) electrons. The molecular formula is C12H10ClF3N2OS. The molecule has 0 spiro atoms.